The maximum absolute atomic E-state index is 10.3. The van der Waals surface area contributed by atoms with E-state index >= 15 is 0 Å². The van der Waals surface area contributed by atoms with Gasteiger partial charge in [0.25, 0.3) is 0 Å². The SMILES string of the molecule is CCCC/C=C/C/C=C/C/C=C/C/C=C/C/C=C/CCC(=O)O. The van der Waals surface area contributed by atoms with Gasteiger partial charge in [-0.15, -0.1) is 0 Å². The quantitative estimate of drug-likeness (QED) is 0.298. The molecule has 2 nitrogen and oxygen atoms in total. The monoisotopic (exact) mass is 316 g/mol. The summed E-state index contributed by atoms with van der Waals surface area (Å²) in [5.74, 6) is -0.739. The first-order valence-electron chi connectivity index (χ1n) is 8.74. The lowest BCUT2D eigenvalue weighted by Crippen LogP contribution is -1.91. The van der Waals surface area contributed by atoms with E-state index in [1.54, 1.807) is 0 Å². The largest absolute Gasteiger partial charge is 0.481 e. The molecule has 0 fully saturated rings. The van der Waals surface area contributed by atoms with Crippen molar-refractivity contribution in [2.24, 2.45) is 0 Å². The predicted molar refractivity (Wildman–Crippen MR) is 101 cm³/mol. The molecule has 128 valence electrons. The highest BCUT2D eigenvalue weighted by atomic mass is 16.4. The van der Waals surface area contributed by atoms with Crippen LogP contribution in [-0.4, -0.2) is 11.1 Å². The summed E-state index contributed by atoms with van der Waals surface area (Å²) < 4.78 is 0. The van der Waals surface area contributed by atoms with Crippen LogP contribution in [0.15, 0.2) is 60.8 Å². The van der Waals surface area contributed by atoms with E-state index in [4.69, 9.17) is 5.11 Å². The zero-order chi connectivity index (χ0) is 17.0. The molecule has 0 heterocycles. The molecule has 0 amide bonds. The van der Waals surface area contributed by atoms with Crippen LogP contribution in [0.4, 0.5) is 0 Å². The molecule has 0 radical (unpaired) electrons. The zero-order valence-corrected chi connectivity index (χ0v) is 14.5. The number of hydrogen-bond donors (Lipinski definition) is 1. The van der Waals surface area contributed by atoms with Gasteiger partial charge < -0.3 is 5.11 Å². The van der Waals surface area contributed by atoms with Gasteiger partial charge in [-0.25, -0.2) is 0 Å². The van der Waals surface area contributed by atoms with Crippen molar-refractivity contribution in [1.29, 1.82) is 0 Å². The summed E-state index contributed by atoms with van der Waals surface area (Å²) in [6.07, 6.45) is 29.9. The van der Waals surface area contributed by atoms with Gasteiger partial charge in [0.1, 0.15) is 0 Å². The molecule has 0 spiro atoms. The highest BCUT2D eigenvalue weighted by Gasteiger charge is 1.90. The van der Waals surface area contributed by atoms with E-state index < -0.39 is 5.97 Å². The average Bonchev–Trinajstić information content (AvgIpc) is 2.53. The topological polar surface area (TPSA) is 37.3 Å². The number of unbranched alkanes of at least 4 members (excludes halogenated alkanes) is 2. The molecule has 0 saturated heterocycles. The molecule has 0 aliphatic carbocycles. The summed E-state index contributed by atoms with van der Waals surface area (Å²) in [6, 6.07) is 0. The molecule has 0 bridgehead atoms. The molecule has 0 aromatic heterocycles. The number of hydrogen-bond acceptors (Lipinski definition) is 1. The second kappa shape index (κ2) is 18.2. The van der Waals surface area contributed by atoms with Gasteiger partial charge in [-0.05, 0) is 38.5 Å². The van der Waals surface area contributed by atoms with Gasteiger partial charge >= 0.3 is 5.97 Å². The van der Waals surface area contributed by atoms with Crippen molar-refractivity contribution in [2.45, 2.75) is 64.7 Å². The van der Waals surface area contributed by atoms with Crippen LogP contribution in [-0.2, 0) is 4.79 Å². The van der Waals surface area contributed by atoms with E-state index in [-0.39, 0.29) is 6.42 Å². The Labute approximate surface area is 142 Å². The van der Waals surface area contributed by atoms with Gasteiger partial charge in [0.15, 0.2) is 0 Å². The summed E-state index contributed by atoms with van der Waals surface area (Å²) in [6.45, 7) is 2.22. The molecule has 1 N–H and O–H groups in total. The molecule has 23 heavy (non-hydrogen) atoms. The van der Waals surface area contributed by atoms with Crippen molar-refractivity contribution in [3.8, 4) is 0 Å². The molecule has 0 aromatic carbocycles. The number of carboxylic acids is 1. The Kier molecular flexibility index (Phi) is 16.8. The van der Waals surface area contributed by atoms with Crippen LogP contribution in [0.3, 0.4) is 0 Å². The number of carboxylic acid groups (broad SMARTS) is 1. The first-order chi connectivity index (χ1) is 11.3. The summed E-state index contributed by atoms with van der Waals surface area (Å²) >= 11 is 0. The highest BCUT2D eigenvalue weighted by Crippen LogP contribution is 1.98. The van der Waals surface area contributed by atoms with E-state index in [2.05, 4.69) is 55.5 Å². The van der Waals surface area contributed by atoms with Gasteiger partial charge in [0, 0.05) is 6.42 Å². The summed E-state index contributed by atoms with van der Waals surface area (Å²) in [5.41, 5.74) is 0. The minimum absolute atomic E-state index is 0.213. The lowest BCUT2D eigenvalue weighted by molar-refractivity contribution is -0.136. The first-order valence-corrected chi connectivity index (χ1v) is 8.74. The van der Waals surface area contributed by atoms with Crippen molar-refractivity contribution in [3.63, 3.8) is 0 Å². The first kappa shape index (κ1) is 21.2. The summed E-state index contributed by atoms with van der Waals surface area (Å²) in [4.78, 5) is 10.3. The maximum Gasteiger partial charge on any atom is 0.303 e. The van der Waals surface area contributed by atoms with E-state index in [1.165, 1.54) is 19.3 Å². The minimum atomic E-state index is -0.739. The average molecular weight is 316 g/mol. The summed E-state index contributed by atoms with van der Waals surface area (Å²) in [7, 11) is 0. The molecule has 0 atom stereocenters. The van der Waals surface area contributed by atoms with Crippen LogP contribution in [0, 0.1) is 0 Å². The van der Waals surface area contributed by atoms with Crippen LogP contribution in [0.2, 0.25) is 0 Å². The second-order valence-corrected chi connectivity index (χ2v) is 5.37. The Hall–Kier alpha value is -1.83. The van der Waals surface area contributed by atoms with Crippen LogP contribution in [0.1, 0.15) is 64.7 Å². The van der Waals surface area contributed by atoms with Crippen LogP contribution in [0.25, 0.3) is 0 Å². The van der Waals surface area contributed by atoms with Gasteiger partial charge in [-0.1, -0.05) is 80.5 Å². The zero-order valence-electron chi connectivity index (χ0n) is 14.5. The third kappa shape index (κ3) is 20.2. The number of carbonyl (C=O) groups is 1. The van der Waals surface area contributed by atoms with Gasteiger partial charge in [-0.2, -0.15) is 0 Å². The second-order valence-electron chi connectivity index (χ2n) is 5.37. The number of aliphatic carboxylic acids is 1. The van der Waals surface area contributed by atoms with Gasteiger partial charge in [0.05, 0.1) is 0 Å². The maximum atomic E-state index is 10.3. The minimum Gasteiger partial charge on any atom is -0.481 e. The van der Waals surface area contributed by atoms with Crippen molar-refractivity contribution in [1.82, 2.24) is 0 Å². The van der Waals surface area contributed by atoms with Crippen LogP contribution < -0.4 is 0 Å². The van der Waals surface area contributed by atoms with Gasteiger partial charge in [-0.3, -0.25) is 4.79 Å². The Morgan fingerprint density at radius 1 is 0.696 bits per heavy atom. The Balaban J connectivity index is 3.47. The third-order valence-corrected chi connectivity index (χ3v) is 3.17. The van der Waals surface area contributed by atoms with Crippen molar-refractivity contribution in [3.05, 3.63) is 60.8 Å². The third-order valence-electron chi connectivity index (χ3n) is 3.17. The van der Waals surface area contributed by atoms with E-state index in [0.717, 1.165) is 25.7 Å². The standard InChI is InChI=1S/C21H32O2/c1-2-3-4-5-6-7-8-9-10-11-12-13-14-15-16-17-18-19-20-21(22)23/h5-6,8-9,11-12,14-15,17-18H,2-4,7,10,13,16,19-20H2,1H3,(H,22,23)/b6-5+,9-8+,12-11+,15-14+,18-17+. The fourth-order valence-corrected chi connectivity index (χ4v) is 1.85. The molecule has 0 rings (SSSR count). The smallest absolute Gasteiger partial charge is 0.303 e. The molecular formula is C21H32O2. The molecule has 2 heteroatoms. The molecular weight excluding hydrogens is 284 g/mol. The van der Waals surface area contributed by atoms with Gasteiger partial charge in [0.2, 0.25) is 0 Å². The lowest BCUT2D eigenvalue weighted by Gasteiger charge is -1.88. The highest BCUT2D eigenvalue weighted by molar-refractivity contribution is 5.66. The molecule has 0 saturated carbocycles. The number of allylic oxidation sites excluding steroid dienone is 10. The Morgan fingerprint density at radius 2 is 1.09 bits per heavy atom. The number of rotatable bonds is 14. The van der Waals surface area contributed by atoms with E-state index in [0.29, 0.717) is 6.42 Å². The van der Waals surface area contributed by atoms with Crippen molar-refractivity contribution < 1.29 is 9.90 Å². The molecule has 0 aromatic rings. The molecule has 0 aliphatic heterocycles. The normalized spacial score (nSPS) is 12.7. The van der Waals surface area contributed by atoms with Crippen molar-refractivity contribution in [2.75, 3.05) is 0 Å². The van der Waals surface area contributed by atoms with Crippen LogP contribution in [0.5, 0.6) is 0 Å². The van der Waals surface area contributed by atoms with Crippen LogP contribution >= 0.6 is 0 Å². The molecule has 0 aliphatic rings. The van der Waals surface area contributed by atoms with E-state index in [1.807, 2.05) is 12.2 Å². The van der Waals surface area contributed by atoms with Crippen molar-refractivity contribution >= 4 is 5.97 Å². The molecule has 0 unspecified atom stereocenters. The lowest BCUT2D eigenvalue weighted by atomic mass is 10.2. The Bertz CT molecular complexity index is 412. The predicted octanol–water partition coefficient (Wildman–Crippen LogP) is 6.38. The fraction of sp³-hybridized carbons (Fsp3) is 0.476. The Morgan fingerprint density at radius 3 is 1.48 bits per heavy atom. The fourth-order valence-electron chi connectivity index (χ4n) is 1.85. The van der Waals surface area contributed by atoms with E-state index in [9.17, 15) is 4.79 Å². The summed E-state index contributed by atoms with van der Waals surface area (Å²) in [5, 5.41) is 8.48.